The number of rotatable bonds is 6. The monoisotopic (exact) mass is 340 g/mol. The Balaban J connectivity index is 0.000000329. The minimum atomic E-state index is -1.67. The molecular formula is C17H32N2O3Si. The molecular weight excluding hydrogens is 308 g/mol. The lowest BCUT2D eigenvalue weighted by Gasteiger charge is -2.25. The van der Waals surface area contributed by atoms with Crippen molar-refractivity contribution >= 4 is 9.53 Å². The van der Waals surface area contributed by atoms with Crippen LogP contribution in [0.15, 0.2) is 43.0 Å². The van der Waals surface area contributed by atoms with Gasteiger partial charge in [-0.15, -0.1) is 6.58 Å². The quantitative estimate of drug-likeness (QED) is 0.613. The van der Waals surface area contributed by atoms with E-state index in [9.17, 15) is 0 Å². The van der Waals surface area contributed by atoms with Crippen molar-refractivity contribution in [3.8, 4) is 0 Å². The Hall–Kier alpha value is -1.02. The second kappa shape index (κ2) is 14.6. The first-order valence-corrected chi connectivity index (χ1v) is 9.26. The third-order valence-electron chi connectivity index (χ3n) is 3.46. The number of hydrogen-bond acceptors (Lipinski definition) is 5. The van der Waals surface area contributed by atoms with Crippen LogP contribution >= 0.6 is 0 Å². The van der Waals surface area contributed by atoms with Crippen molar-refractivity contribution in [3.63, 3.8) is 0 Å². The van der Waals surface area contributed by atoms with Gasteiger partial charge >= 0.3 is 9.53 Å². The Morgan fingerprint density at radius 1 is 1.22 bits per heavy atom. The first-order chi connectivity index (χ1) is 11.1. The van der Waals surface area contributed by atoms with Gasteiger partial charge in [-0.1, -0.05) is 49.8 Å². The average Bonchev–Trinajstić information content (AvgIpc) is 2.57. The van der Waals surface area contributed by atoms with Crippen molar-refractivity contribution in [2.75, 3.05) is 34.4 Å². The van der Waals surface area contributed by atoms with E-state index in [1.165, 1.54) is 19.5 Å². The highest BCUT2D eigenvalue weighted by Gasteiger charge is 2.12. The Labute approximate surface area is 142 Å². The highest BCUT2D eigenvalue weighted by Crippen LogP contribution is 2.08. The highest BCUT2D eigenvalue weighted by molar-refractivity contribution is 6.36. The molecule has 1 atom stereocenters. The van der Waals surface area contributed by atoms with E-state index < -0.39 is 9.53 Å². The standard InChI is InChI=1S/C9H11N.C5H11N.C3H10O3Si/c1-2-9(10)8-6-4-3-5-7-8;1-2-5-3-6-4-5;1-4-7(5-2)6-3/h2-7,9H,1,10H2;5-6H,2-4H2,1H3;7H,1-3H3. The maximum absolute atomic E-state index is 5.68. The molecule has 132 valence electrons. The average molecular weight is 341 g/mol. The van der Waals surface area contributed by atoms with Crippen LogP contribution in [0.25, 0.3) is 0 Å². The fourth-order valence-corrected chi connectivity index (χ4v) is 2.31. The summed E-state index contributed by atoms with van der Waals surface area (Å²) in [7, 11) is 3.05. The van der Waals surface area contributed by atoms with Gasteiger partial charge in [-0.05, 0) is 24.6 Å². The molecule has 1 fully saturated rings. The first-order valence-electron chi connectivity index (χ1n) is 7.85. The Bertz CT molecular complexity index is 376. The van der Waals surface area contributed by atoms with Crippen LogP contribution in [0.4, 0.5) is 0 Å². The van der Waals surface area contributed by atoms with Gasteiger partial charge in [0, 0.05) is 27.4 Å². The lowest BCUT2D eigenvalue weighted by atomic mass is 10.0. The molecule has 1 aromatic rings. The van der Waals surface area contributed by atoms with E-state index >= 15 is 0 Å². The van der Waals surface area contributed by atoms with Crippen LogP contribution in [-0.4, -0.2) is 43.9 Å². The summed E-state index contributed by atoms with van der Waals surface area (Å²) in [5, 5.41) is 3.21. The van der Waals surface area contributed by atoms with Gasteiger partial charge in [-0.2, -0.15) is 0 Å². The third-order valence-corrected chi connectivity index (χ3v) is 4.61. The van der Waals surface area contributed by atoms with Crippen LogP contribution in [0.2, 0.25) is 0 Å². The van der Waals surface area contributed by atoms with Crippen molar-refractivity contribution in [2.45, 2.75) is 19.4 Å². The maximum Gasteiger partial charge on any atom is 0.483 e. The molecule has 0 bridgehead atoms. The van der Waals surface area contributed by atoms with E-state index in [0.29, 0.717) is 0 Å². The summed E-state index contributed by atoms with van der Waals surface area (Å²) in [6.07, 6.45) is 3.09. The number of hydrogen-bond donors (Lipinski definition) is 2. The van der Waals surface area contributed by atoms with Gasteiger partial charge in [0.05, 0.1) is 0 Å². The van der Waals surface area contributed by atoms with E-state index in [0.717, 1.165) is 11.5 Å². The molecule has 23 heavy (non-hydrogen) atoms. The van der Waals surface area contributed by atoms with Gasteiger partial charge in [0.15, 0.2) is 0 Å². The van der Waals surface area contributed by atoms with Crippen molar-refractivity contribution in [2.24, 2.45) is 11.7 Å². The van der Waals surface area contributed by atoms with Crippen LogP contribution in [0, 0.1) is 5.92 Å². The van der Waals surface area contributed by atoms with E-state index in [-0.39, 0.29) is 6.04 Å². The Morgan fingerprint density at radius 2 is 1.74 bits per heavy atom. The van der Waals surface area contributed by atoms with Crippen molar-refractivity contribution in [1.82, 2.24) is 5.32 Å². The molecule has 2 rings (SSSR count). The van der Waals surface area contributed by atoms with Crippen molar-refractivity contribution in [1.29, 1.82) is 0 Å². The number of nitrogens with two attached hydrogens (primary N) is 1. The molecule has 1 aliphatic rings. The molecule has 0 radical (unpaired) electrons. The lowest BCUT2D eigenvalue weighted by molar-refractivity contribution is 0.163. The zero-order chi connectivity index (χ0) is 17.5. The summed E-state index contributed by atoms with van der Waals surface area (Å²) in [6, 6.07) is 9.87. The minimum absolute atomic E-state index is 0.0267. The van der Waals surface area contributed by atoms with Gasteiger partial charge in [-0.25, -0.2) is 0 Å². The van der Waals surface area contributed by atoms with Gasteiger partial charge in [0.2, 0.25) is 0 Å². The van der Waals surface area contributed by atoms with E-state index in [2.05, 4.69) is 18.8 Å². The molecule has 0 spiro atoms. The predicted octanol–water partition coefficient (Wildman–Crippen LogP) is 2.13. The molecule has 1 saturated heterocycles. The van der Waals surface area contributed by atoms with Crippen LogP contribution in [0.1, 0.15) is 24.9 Å². The zero-order valence-electron chi connectivity index (χ0n) is 14.8. The SMILES string of the molecule is C=CC(N)c1ccccc1.CCC1CNC1.CO[SiH](OC)OC. The third kappa shape index (κ3) is 10.4. The van der Waals surface area contributed by atoms with Gasteiger partial charge < -0.3 is 24.3 Å². The molecule has 5 nitrogen and oxygen atoms in total. The zero-order valence-corrected chi connectivity index (χ0v) is 16.0. The summed E-state index contributed by atoms with van der Waals surface area (Å²) in [5.74, 6) is 1.00. The molecule has 1 aliphatic heterocycles. The first kappa shape index (κ1) is 22.0. The Kier molecular flexibility index (Phi) is 13.9. The number of benzene rings is 1. The molecule has 0 saturated carbocycles. The maximum atomic E-state index is 5.68. The molecule has 0 aliphatic carbocycles. The normalized spacial score (nSPS) is 14.7. The molecule has 1 unspecified atom stereocenters. The van der Waals surface area contributed by atoms with Crippen molar-refractivity contribution in [3.05, 3.63) is 48.6 Å². The Morgan fingerprint density at radius 3 is 1.96 bits per heavy atom. The van der Waals surface area contributed by atoms with E-state index in [1.807, 2.05) is 30.3 Å². The lowest BCUT2D eigenvalue weighted by Crippen LogP contribution is -2.41. The minimum Gasteiger partial charge on any atom is -0.379 e. The molecule has 1 heterocycles. The van der Waals surface area contributed by atoms with E-state index in [1.54, 1.807) is 27.4 Å². The van der Waals surface area contributed by atoms with Crippen LogP contribution in [0.5, 0.6) is 0 Å². The highest BCUT2D eigenvalue weighted by atomic mass is 28.3. The second-order valence-electron chi connectivity index (χ2n) is 5.10. The summed E-state index contributed by atoms with van der Waals surface area (Å²) in [5.41, 5.74) is 6.79. The predicted molar refractivity (Wildman–Crippen MR) is 98.4 cm³/mol. The van der Waals surface area contributed by atoms with Crippen LogP contribution in [0.3, 0.4) is 0 Å². The summed E-state index contributed by atoms with van der Waals surface area (Å²) >= 11 is 0. The van der Waals surface area contributed by atoms with Crippen molar-refractivity contribution < 1.29 is 13.3 Å². The molecule has 0 amide bonds. The largest absolute Gasteiger partial charge is 0.483 e. The smallest absolute Gasteiger partial charge is 0.379 e. The molecule has 1 aromatic carbocycles. The van der Waals surface area contributed by atoms with Crippen LogP contribution < -0.4 is 11.1 Å². The summed E-state index contributed by atoms with van der Waals surface area (Å²) in [6.45, 7) is 8.37. The molecule has 0 aromatic heterocycles. The summed E-state index contributed by atoms with van der Waals surface area (Å²) < 4.78 is 14.2. The van der Waals surface area contributed by atoms with E-state index in [4.69, 9.17) is 19.0 Å². The van der Waals surface area contributed by atoms with Gasteiger partial charge in [0.1, 0.15) is 0 Å². The number of nitrogens with one attached hydrogen (secondary N) is 1. The fraction of sp³-hybridized carbons (Fsp3) is 0.529. The molecule has 6 heteroatoms. The second-order valence-corrected chi connectivity index (χ2v) is 7.09. The van der Waals surface area contributed by atoms with Crippen LogP contribution in [-0.2, 0) is 13.3 Å². The van der Waals surface area contributed by atoms with Gasteiger partial charge in [-0.3, -0.25) is 0 Å². The topological polar surface area (TPSA) is 65.7 Å². The molecule has 3 N–H and O–H groups in total. The van der Waals surface area contributed by atoms with Gasteiger partial charge in [0.25, 0.3) is 0 Å². The fourth-order valence-electron chi connectivity index (χ4n) is 1.74. The summed E-state index contributed by atoms with van der Waals surface area (Å²) in [4.78, 5) is 0.